The maximum atomic E-state index is 11.8. The van der Waals surface area contributed by atoms with Gasteiger partial charge in [0.2, 0.25) is 0 Å². The van der Waals surface area contributed by atoms with Crippen LogP contribution in [0.5, 0.6) is 0 Å². The normalized spacial score (nSPS) is 19.6. The van der Waals surface area contributed by atoms with Crippen molar-refractivity contribution in [3.8, 4) is 0 Å². The summed E-state index contributed by atoms with van der Waals surface area (Å²) in [5.74, 6) is 0. The average molecular weight is 234 g/mol. The number of carbonyl (C=O) groups is 1. The summed E-state index contributed by atoms with van der Waals surface area (Å²) in [7, 11) is 0. The lowest BCUT2D eigenvalue weighted by Gasteiger charge is -2.23. The Kier molecular flexibility index (Phi) is 3.33. The van der Waals surface area contributed by atoms with E-state index < -0.39 is 0 Å². The van der Waals surface area contributed by atoms with E-state index in [1.54, 1.807) is 4.90 Å². The van der Waals surface area contributed by atoms with Gasteiger partial charge in [-0.25, -0.2) is 4.79 Å². The summed E-state index contributed by atoms with van der Waals surface area (Å²) in [6, 6.07) is 6.02. The minimum Gasteiger partial charge on any atom is -0.447 e. The smallest absolute Gasteiger partial charge is 0.414 e. The van der Waals surface area contributed by atoms with Crippen LogP contribution in [0.25, 0.3) is 0 Å². The molecule has 0 saturated carbocycles. The van der Waals surface area contributed by atoms with Crippen LogP contribution in [0.3, 0.4) is 0 Å². The molecule has 1 heterocycles. The third kappa shape index (κ3) is 2.13. The first-order valence-electron chi connectivity index (χ1n) is 5.87. The second kappa shape index (κ2) is 4.75. The van der Waals surface area contributed by atoms with E-state index in [1.165, 1.54) is 5.56 Å². The summed E-state index contributed by atoms with van der Waals surface area (Å²) < 4.78 is 5.11. The second-order valence-electron chi connectivity index (χ2n) is 4.40. The molecule has 1 aromatic carbocycles. The summed E-state index contributed by atoms with van der Waals surface area (Å²) in [5, 5.41) is 0. The maximum absolute atomic E-state index is 11.8. The van der Waals surface area contributed by atoms with Crippen LogP contribution in [0.2, 0.25) is 0 Å². The third-order valence-corrected chi connectivity index (χ3v) is 3.30. The van der Waals surface area contributed by atoms with Gasteiger partial charge in [0.1, 0.15) is 6.61 Å². The number of ether oxygens (including phenoxy) is 1. The molecule has 0 spiro atoms. The highest BCUT2D eigenvalue weighted by Gasteiger charge is 2.34. The van der Waals surface area contributed by atoms with Gasteiger partial charge in [-0.2, -0.15) is 0 Å². The summed E-state index contributed by atoms with van der Waals surface area (Å²) in [6.45, 7) is 5.06. The third-order valence-electron chi connectivity index (χ3n) is 3.30. The zero-order valence-electron chi connectivity index (χ0n) is 10.3. The molecular weight excluding hydrogens is 216 g/mol. The first kappa shape index (κ1) is 11.9. The molecule has 4 heteroatoms. The molecule has 1 saturated heterocycles. The van der Waals surface area contributed by atoms with E-state index in [-0.39, 0.29) is 12.1 Å². The molecule has 1 aliphatic heterocycles. The Morgan fingerprint density at radius 3 is 2.94 bits per heavy atom. The minimum absolute atomic E-state index is 0.0630. The molecule has 92 valence electrons. The molecule has 0 radical (unpaired) electrons. The number of benzene rings is 1. The van der Waals surface area contributed by atoms with Crippen LogP contribution in [0.15, 0.2) is 18.2 Å². The molecule has 0 aliphatic carbocycles. The number of rotatable bonds is 3. The minimum atomic E-state index is -0.267. The number of cyclic esters (lactones) is 1. The van der Waals surface area contributed by atoms with E-state index in [0.717, 1.165) is 17.7 Å². The predicted octanol–water partition coefficient (Wildman–Crippen LogP) is 1.98. The van der Waals surface area contributed by atoms with E-state index in [4.69, 9.17) is 10.5 Å². The zero-order chi connectivity index (χ0) is 12.4. The number of aryl methyl sites for hydroxylation is 1. The number of hydrogen-bond donors (Lipinski definition) is 1. The number of hydrogen-bond acceptors (Lipinski definition) is 3. The van der Waals surface area contributed by atoms with Crippen molar-refractivity contribution in [2.24, 2.45) is 5.73 Å². The first-order chi connectivity index (χ1) is 8.15. The van der Waals surface area contributed by atoms with Gasteiger partial charge in [0.15, 0.2) is 0 Å². The number of anilines is 1. The van der Waals surface area contributed by atoms with Crippen LogP contribution in [-0.2, 0) is 4.74 Å². The summed E-state index contributed by atoms with van der Waals surface area (Å²) in [4.78, 5) is 13.5. The fourth-order valence-corrected chi connectivity index (χ4v) is 2.16. The van der Waals surface area contributed by atoms with Gasteiger partial charge in [0, 0.05) is 0 Å². The Bertz CT molecular complexity index is 431. The Morgan fingerprint density at radius 1 is 1.47 bits per heavy atom. The van der Waals surface area contributed by atoms with E-state index in [9.17, 15) is 4.79 Å². The van der Waals surface area contributed by atoms with Gasteiger partial charge in [0.25, 0.3) is 0 Å². The fraction of sp³-hybridized carbons (Fsp3) is 0.462. The lowest BCUT2D eigenvalue weighted by Crippen LogP contribution is -2.35. The van der Waals surface area contributed by atoms with Crippen molar-refractivity contribution in [3.05, 3.63) is 29.3 Å². The average Bonchev–Trinajstić information content (AvgIpc) is 2.65. The number of nitrogens with two attached hydrogens (primary N) is 1. The van der Waals surface area contributed by atoms with Crippen LogP contribution >= 0.6 is 0 Å². The van der Waals surface area contributed by atoms with Crippen molar-refractivity contribution in [2.75, 3.05) is 18.1 Å². The summed E-state index contributed by atoms with van der Waals surface area (Å²) in [6.07, 6.45) is 0.496. The van der Waals surface area contributed by atoms with Crippen LogP contribution in [0.4, 0.5) is 10.5 Å². The molecule has 2 N–H and O–H groups in total. The van der Waals surface area contributed by atoms with Gasteiger partial charge in [-0.05, 0) is 44.0 Å². The quantitative estimate of drug-likeness (QED) is 0.870. The lowest BCUT2D eigenvalue weighted by atomic mass is 10.1. The molecule has 1 amide bonds. The predicted molar refractivity (Wildman–Crippen MR) is 67.2 cm³/mol. The first-order valence-corrected chi connectivity index (χ1v) is 5.87. The van der Waals surface area contributed by atoms with Crippen molar-refractivity contribution < 1.29 is 9.53 Å². The monoisotopic (exact) mass is 234 g/mol. The molecule has 4 nitrogen and oxygen atoms in total. The van der Waals surface area contributed by atoms with Crippen LogP contribution in [0.1, 0.15) is 17.5 Å². The van der Waals surface area contributed by atoms with Gasteiger partial charge in [-0.1, -0.05) is 12.1 Å². The topological polar surface area (TPSA) is 55.6 Å². The standard InChI is InChI=1S/C13H18N2O2/c1-9-4-3-5-12(10(9)2)15-11(6-7-14)8-17-13(15)16/h3-5,11H,6-8,14H2,1-2H3. The molecular formula is C13H18N2O2. The van der Waals surface area contributed by atoms with Gasteiger partial charge < -0.3 is 10.5 Å². The SMILES string of the molecule is Cc1cccc(N2C(=O)OCC2CCN)c1C. The lowest BCUT2D eigenvalue weighted by molar-refractivity contribution is 0.178. The second-order valence-corrected chi connectivity index (χ2v) is 4.40. The number of nitrogens with zero attached hydrogens (tertiary/aromatic N) is 1. The van der Waals surface area contributed by atoms with Crippen LogP contribution in [0, 0.1) is 13.8 Å². The van der Waals surface area contributed by atoms with Gasteiger partial charge in [-0.15, -0.1) is 0 Å². The molecule has 0 bridgehead atoms. The molecule has 1 aromatic rings. The summed E-state index contributed by atoms with van der Waals surface area (Å²) in [5.41, 5.74) is 8.80. The van der Waals surface area contributed by atoms with Crippen LogP contribution < -0.4 is 10.6 Å². The van der Waals surface area contributed by atoms with Crippen molar-refractivity contribution in [1.82, 2.24) is 0 Å². The van der Waals surface area contributed by atoms with E-state index in [1.807, 2.05) is 32.0 Å². The largest absolute Gasteiger partial charge is 0.447 e. The maximum Gasteiger partial charge on any atom is 0.414 e. The fourth-order valence-electron chi connectivity index (χ4n) is 2.16. The highest BCUT2D eigenvalue weighted by molar-refractivity contribution is 5.91. The molecule has 1 atom stereocenters. The van der Waals surface area contributed by atoms with E-state index in [2.05, 4.69) is 0 Å². The number of amides is 1. The van der Waals surface area contributed by atoms with Crippen molar-refractivity contribution in [3.63, 3.8) is 0 Å². The van der Waals surface area contributed by atoms with Crippen molar-refractivity contribution in [1.29, 1.82) is 0 Å². The Labute approximate surface area is 101 Å². The number of carbonyl (C=O) groups excluding carboxylic acids is 1. The molecule has 0 aromatic heterocycles. The molecule has 17 heavy (non-hydrogen) atoms. The van der Waals surface area contributed by atoms with Crippen molar-refractivity contribution in [2.45, 2.75) is 26.3 Å². The Morgan fingerprint density at radius 2 is 2.24 bits per heavy atom. The van der Waals surface area contributed by atoms with E-state index in [0.29, 0.717) is 13.2 Å². The van der Waals surface area contributed by atoms with E-state index >= 15 is 0 Å². The zero-order valence-corrected chi connectivity index (χ0v) is 10.3. The Balaban J connectivity index is 2.36. The molecule has 1 fully saturated rings. The molecule has 1 unspecified atom stereocenters. The highest BCUT2D eigenvalue weighted by Crippen LogP contribution is 2.29. The highest BCUT2D eigenvalue weighted by atomic mass is 16.6. The van der Waals surface area contributed by atoms with Gasteiger partial charge >= 0.3 is 6.09 Å². The van der Waals surface area contributed by atoms with Gasteiger partial charge in [0.05, 0.1) is 11.7 Å². The summed E-state index contributed by atoms with van der Waals surface area (Å²) >= 11 is 0. The van der Waals surface area contributed by atoms with Crippen molar-refractivity contribution >= 4 is 11.8 Å². The molecule has 1 aliphatic rings. The molecule has 2 rings (SSSR count). The van der Waals surface area contributed by atoms with Gasteiger partial charge in [-0.3, -0.25) is 4.90 Å². The van der Waals surface area contributed by atoms with Crippen LogP contribution in [-0.4, -0.2) is 25.3 Å². The Hall–Kier alpha value is -1.55.